The van der Waals surface area contributed by atoms with Crippen molar-refractivity contribution in [3.05, 3.63) is 35.9 Å². The lowest BCUT2D eigenvalue weighted by Crippen LogP contribution is -2.39. The van der Waals surface area contributed by atoms with Crippen LogP contribution in [0.2, 0.25) is 0 Å². The van der Waals surface area contributed by atoms with Crippen molar-refractivity contribution in [2.45, 2.75) is 25.4 Å². The Morgan fingerprint density at radius 2 is 2.11 bits per heavy atom. The summed E-state index contributed by atoms with van der Waals surface area (Å²) in [5.41, 5.74) is 1.37. The lowest BCUT2D eigenvalue weighted by atomic mass is 10.2. The minimum absolute atomic E-state index is 0.277. The van der Waals surface area contributed by atoms with Crippen molar-refractivity contribution in [2.24, 2.45) is 0 Å². The van der Waals surface area contributed by atoms with Gasteiger partial charge in [0.05, 0.1) is 6.61 Å². The minimum atomic E-state index is 0.277. The molecule has 1 aliphatic heterocycles. The zero-order valence-corrected chi connectivity index (χ0v) is 11.3. The van der Waals surface area contributed by atoms with Crippen LogP contribution in [0.3, 0.4) is 0 Å². The zero-order chi connectivity index (χ0) is 12.8. The summed E-state index contributed by atoms with van der Waals surface area (Å²) in [6.07, 6.45) is 2.53. The number of β-amino-alcohol motifs (C(OH)–C–C–N with tert-alkyl or cyclic N) is 1. The molecule has 1 saturated heterocycles. The Morgan fingerprint density at radius 3 is 2.83 bits per heavy atom. The minimum Gasteiger partial charge on any atom is -0.395 e. The predicted molar refractivity (Wildman–Crippen MR) is 74.5 cm³/mol. The van der Waals surface area contributed by atoms with Gasteiger partial charge in [-0.3, -0.25) is 4.90 Å². The summed E-state index contributed by atoms with van der Waals surface area (Å²) in [6.45, 7) is 4.34. The van der Waals surface area contributed by atoms with Crippen LogP contribution in [0.1, 0.15) is 18.4 Å². The maximum Gasteiger partial charge on any atom is 0.0558 e. The maximum atomic E-state index is 9.06. The van der Waals surface area contributed by atoms with Crippen LogP contribution in [-0.2, 0) is 6.54 Å². The third-order valence-electron chi connectivity index (χ3n) is 3.70. The lowest BCUT2D eigenvalue weighted by Gasteiger charge is -2.28. The summed E-state index contributed by atoms with van der Waals surface area (Å²) < 4.78 is 0. The Balaban J connectivity index is 1.81. The molecular formula is C15H24N2O. The second kappa shape index (κ2) is 6.88. The second-order valence-electron chi connectivity index (χ2n) is 5.24. The van der Waals surface area contributed by atoms with Crippen LogP contribution >= 0.6 is 0 Å². The van der Waals surface area contributed by atoms with Crippen molar-refractivity contribution in [2.75, 3.05) is 33.3 Å². The van der Waals surface area contributed by atoms with Gasteiger partial charge in [0.1, 0.15) is 0 Å². The van der Waals surface area contributed by atoms with Crippen LogP contribution in [0.15, 0.2) is 30.3 Å². The highest BCUT2D eigenvalue weighted by Crippen LogP contribution is 2.18. The summed E-state index contributed by atoms with van der Waals surface area (Å²) in [7, 11) is 2.18. The maximum absolute atomic E-state index is 9.06. The smallest absolute Gasteiger partial charge is 0.0558 e. The Bertz CT molecular complexity index is 342. The van der Waals surface area contributed by atoms with Crippen LogP contribution in [-0.4, -0.2) is 54.2 Å². The topological polar surface area (TPSA) is 26.7 Å². The third-order valence-corrected chi connectivity index (χ3v) is 3.70. The molecule has 0 bridgehead atoms. The molecular weight excluding hydrogens is 224 g/mol. The SMILES string of the molecule is CN(Cc1ccccc1)CC1CCCN1CCO. The number of hydrogen-bond donors (Lipinski definition) is 1. The number of benzene rings is 1. The number of hydrogen-bond acceptors (Lipinski definition) is 3. The number of nitrogens with zero attached hydrogens (tertiary/aromatic N) is 2. The van der Waals surface area contributed by atoms with Gasteiger partial charge in [-0.05, 0) is 32.0 Å². The molecule has 1 aromatic rings. The molecule has 0 aromatic heterocycles. The summed E-state index contributed by atoms with van der Waals surface area (Å²) in [6, 6.07) is 11.2. The molecule has 0 spiro atoms. The quantitative estimate of drug-likeness (QED) is 0.828. The molecule has 3 heteroatoms. The first-order valence-corrected chi connectivity index (χ1v) is 6.87. The molecule has 1 N–H and O–H groups in total. The molecule has 18 heavy (non-hydrogen) atoms. The van der Waals surface area contributed by atoms with Crippen LogP contribution < -0.4 is 0 Å². The van der Waals surface area contributed by atoms with E-state index >= 15 is 0 Å². The Kier molecular flexibility index (Phi) is 5.17. The number of rotatable bonds is 6. The van der Waals surface area contributed by atoms with Gasteiger partial charge in [0.15, 0.2) is 0 Å². The molecule has 1 atom stereocenters. The van der Waals surface area contributed by atoms with Crippen molar-refractivity contribution in [1.29, 1.82) is 0 Å². The first kappa shape index (κ1) is 13.5. The van der Waals surface area contributed by atoms with E-state index in [-0.39, 0.29) is 6.61 Å². The molecule has 1 fully saturated rings. The largest absolute Gasteiger partial charge is 0.395 e. The lowest BCUT2D eigenvalue weighted by molar-refractivity contribution is 0.154. The summed E-state index contributed by atoms with van der Waals surface area (Å²) >= 11 is 0. The fraction of sp³-hybridized carbons (Fsp3) is 0.600. The number of aliphatic hydroxyl groups is 1. The first-order valence-electron chi connectivity index (χ1n) is 6.87. The fourth-order valence-electron chi connectivity index (χ4n) is 2.84. The molecule has 2 rings (SSSR count). The molecule has 1 aromatic carbocycles. The van der Waals surface area contributed by atoms with Crippen molar-refractivity contribution in [3.63, 3.8) is 0 Å². The number of likely N-dealkylation sites (N-methyl/N-ethyl adjacent to an activating group) is 1. The highest BCUT2D eigenvalue weighted by Gasteiger charge is 2.24. The summed E-state index contributed by atoms with van der Waals surface area (Å²) in [5.74, 6) is 0. The molecule has 0 radical (unpaired) electrons. The molecule has 0 amide bonds. The van der Waals surface area contributed by atoms with E-state index in [1.165, 1.54) is 18.4 Å². The van der Waals surface area contributed by atoms with E-state index in [2.05, 4.69) is 47.2 Å². The molecule has 1 aliphatic rings. The molecule has 0 saturated carbocycles. The van der Waals surface area contributed by atoms with Gasteiger partial charge in [-0.1, -0.05) is 30.3 Å². The van der Waals surface area contributed by atoms with E-state index in [1.54, 1.807) is 0 Å². The van der Waals surface area contributed by atoms with Crippen LogP contribution in [0.25, 0.3) is 0 Å². The van der Waals surface area contributed by atoms with E-state index in [0.717, 1.165) is 26.2 Å². The number of aliphatic hydroxyl groups excluding tert-OH is 1. The Hall–Kier alpha value is -0.900. The van der Waals surface area contributed by atoms with Gasteiger partial charge in [-0.2, -0.15) is 0 Å². The summed E-state index contributed by atoms with van der Waals surface area (Å²) in [4.78, 5) is 4.80. The third kappa shape index (κ3) is 3.80. The van der Waals surface area contributed by atoms with Crippen LogP contribution in [0.4, 0.5) is 0 Å². The highest BCUT2D eigenvalue weighted by molar-refractivity contribution is 5.14. The summed E-state index contributed by atoms with van der Waals surface area (Å²) in [5, 5.41) is 9.06. The first-order chi connectivity index (χ1) is 8.79. The zero-order valence-electron chi connectivity index (χ0n) is 11.3. The molecule has 100 valence electrons. The van der Waals surface area contributed by atoms with E-state index in [4.69, 9.17) is 5.11 Å². The Morgan fingerprint density at radius 1 is 1.33 bits per heavy atom. The van der Waals surface area contributed by atoms with Gasteiger partial charge >= 0.3 is 0 Å². The average Bonchev–Trinajstić information content (AvgIpc) is 2.78. The van der Waals surface area contributed by atoms with Gasteiger partial charge in [0.25, 0.3) is 0 Å². The second-order valence-corrected chi connectivity index (χ2v) is 5.24. The van der Waals surface area contributed by atoms with Gasteiger partial charge in [-0.25, -0.2) is 0 Å². The van der Waals surface area contributed by atoms with Crippen LogP contribution in [0.5, 0.6) is 0 Å². The van der Waals surface area contributed by atoms with Crippen molar-refractivity contribution >= 4 is 0 Å². The fourth-order valence-corrected chi connectivity index (χ4v) is 2.84. The monoisotopic (exact) mass is 248 g/mol. The normalized spacial score (nSPS) is 20.7. The van der Waals surface area contributed by atoms with Crippen molar-refractivity contribution in [1.82, 2.24) is 9.80 Å². The Labute approximate surface area is 110 Å². The van der Waals surface area contributed by atoms with Crippen molar-refractivity contribution in [3.8, 4) is 0 Å². The van der Waals surface area contributed by atoms with Gasteiger partial charge < -0.3 is 10.0 Å². The van der Waals surface area contributed by atoms with E-state index < -0.39 is 0 Å². The van der Waals surface area contributed by atoms with Gasteiger partial charge in [-0.15, -0.1) is 0 Å². The number of likely N-dealkylation sites (tertiary alicyclic amines) is 1. The van der Waals surface area contributed by atoms with Gasteiger partial charge in [0.2, 0.25) is 0 Å². The standard InChI is InChI=1S/C15H24N2O/c1-16(12-14-6-3-2-4-7-14)13-15-8-5-9-17(15)10-11-18/h2-4,6-7,15,18H,5,8-13H2,1H3. The van der Waals surface area contributed by atoms with Crippen LogP contribution in [0, 0.1) is 0 Å². The van der Waals surface area contributed by atoms with E-state index in [1.807, 2.05) is 0 Å². The van der Waals surface area contributed by atoms with E-state index in [9.17, 15) is 0 Å². The van der Waals surface area contributed by atoms with Gasteiger partial charge in [0, 0.05) is 25.7 Å². The molecule has 3 nitrogen and oxygen atoms in total. The molecule has 0 aliphatic carbocycles. The highest BCUT2D eigenvalue weighted by atomic mass is 16.3. The average molecular weight is 248 g/mol. The molecule has 1 heterocycles. The predicted octanol–water partition coefficient (Wildman–Crippen LogP) is 1.58. The van der Waals surface area contributed by atoms with Crippen molar-refractivity contribution < 1.29 is 5.11 Å². The van der Waals surface area contributed by atoms with E-state index in [0.29, 0.717) is 6.04 Å². The molecule has 1 unspecified atom stereocenters.